The number of carbonyl (C=O) groups is 2. The Balaban J connectivity index is 1.69. The third kappa shape index (κ3) is 2.44. The van der Waals surface area contributed by atoms with Crippen molar-refractivity contribution in [3.63, 3.8) is 0 Å². The van der Waals surface area contributed by atoms with Gasteiger partial charge in [-0.25, -0.2) is 8.78 Å². The van der Waals surface area contributed by atoms with Gasteiger partial charge in [0.05, 0.1) is 12.5 Å². The number of nitrogens with one attached hydrogen (secondary N) is 1. The summed E-state index contributed by atoms with van der Waals surface area (Å²) < 4.78 is 33.2. The second-order valence-corrected chi connectivity index (χ2v) is 7.04. The van der Waals surface area contributed by atoms with E-state index >= 15 is 0 Å². The average Bonchev–Trinajstić information content (AvgIpc) is 3.13. The smallest absolute Gasteiger partial charge is 0.319 e. The van der Waals surface area contributed by atoms with Crippen LogP contribution in [0.5, 0.6) is 0 Å². The predicted octanol–water partition coefficient (Wildman–Crippen LogP) is 2.34. The van der Waals surface area contributed by atoms with Gasteiger partial charge in [-0.3, -0.25) is 9.59 Å². The molecule has 1 saturated heterocycles. The van der Waals surface area contributed by atoms with E-state index < -0.39 is 34.7 Å². The van der Waals surface area contributed by atoms with E-state index in [9.17, 15) is 23.5 Å². The molecule has 2 saturated carbocycles. The largest absolute Gasteiger partial charge is 0.480 e. The first-order valence-electron chi connectivity index (χ1n) is 8.40. The summed E-state index contributed by atoms with van der Waals surface area (Å²) in [4.78, 5) is 24.2. The molecule has 1 amide bonds. The fourth-order valence-electron chi connectivity index (χ4n) is 4.20. The van der Waals surface area contributed by atoms with Crippen molar-refractivity contribution in [2.45, 2.75) is 62.9 Å². The maximum atomic E-state index is 14.0. The molecular weight excluding hydrogens is 308 g/mol. The zero-order chi connectivity index (χ0) is 16.7. The van der Waals surface area contributed by atoms with Crippen molar-refractivity contribution in [1.29, 1.82) is 0 Å². The van der Waals surface area contributed by atoms with E-state index in [4.69, 9.17) is 4.74 Å². The molecule has 0 unspecified atom stereocenters. The summed E-state index contributed by atoms with van der Waals surface area (Å²) >= 11 is 0. The van der Waals surface area contributed by atoms with Crippen molar-refractivity contribution >= 4 is 11.9 Å². The number of hydrogen-bond acceptors (Lipinski definition) is 3. The third-order valence-electron chi connectivity index (χ3n) is 5.79. The monoisotopic (exact) mass is 331 g/mol. The summed E-state index contributed by atoms with van der Waals surface area (Å²) in [5.74, 6) is -5.59. The van der Waals surface area contributed by atoms with Crippen LogP contribution in [0.25, 0.3) is 0 Å². The molecule has 23 heavy (non-hydrogen) atoms. The Morgan fingerprint density at radius 2 is 1.78 bits per heavy atom. The number of amides is 1. The normalized spacial score (nSPS) is 34.8. The number of carboxylic acids is 1. The van der Waals surface area contributed by atoms with Crippen LogP contribution in [-0.4, -0.2) is 41.7 Å². The number of ether oxygens (including phenoxy) is 1. The Morgan fingerprint density at radius 3 is 2.35 bits per heavy atom. The maximum absolute atomic E-state index is 14.0. The van der Waals surface area contributed by atoms with Crippen molar-refractivity contribution in [2.75, 3.05) is 13.2 Å². The lowest BCUT2D eigenvalue weighted by atomic mass is 9.79. The van der Waals surface area contributed by atoms with Crippen molar-refractivity contribution in [3.8, 4) is 0 Å². The quantitative estimate of drug-likeness (QED) is 0.612. The molecule has 7 heteroatoms. The molecule has 0 bridgehead atoms. The second kappa shape index (κ2) is 5.69. The van der Waals surface area contributed by atoms with Crippen molar-refractivity contribution in [1.82, 2.24) is 5.32 Å². The molecular formula is C16H23F2NO4. The molecule has 0 radical (unpaired) electrons. The Morgan fingerprint density at radius 1 is 1.13 bits per heavy atom. The molecule has 0 spiro atoms. The molecule has 5 nitrogen and oxygen atoms in total. The Labute approximate surface area is 133 Å². The topological polar surface area (TPSA) is 75.6 Å². The number of hydrogen-bond donors (Lipinski definition) is 2. The van der Waals surface area contributed by atoms with Crippen LogP contribution < -0.4 is 5.32 Å². The number of carboxylic acid groups (broad SMARTS) is 1. The molecule has 2 N–H and O–H groups in total. The summed E-state index contributed by atoms with van der Waals surface area (Å²) in [6.07, 6.45) is 4.64. The molecule has 1 heterocycles. The summed E-state index contributed by atoms with van der Waals surface area (Å²) in [5.41, 5.74) is -3.10. The lowest BCUT2D eigenvalue weighted by Crippen LogP contribution is -2.50. The Bertz CT molecular complexity index is 502. The maximum Gasteiger partial charge on any atom is 0.319 e. The number of alkyl halides is 2. The number of aliphatic carboxylic acids is 1. The van der Waals surface area contributed by atoms with Crippen LogP contribution in [0.1, 0.15) is 51.4 Å². The zero-order valence-electron chi connectivity index (χ0n) is 13.1. The highest BCUT2D eigenvalue weighted by molar-refractivity contribution is 6.02. The third-order valence-corrected chi connectivity index (χ3v) is 5.79. The standard InChI is InChI=1S/C16H23F2NO4/c17-16(18)11-6-5-9-23-15(11,16)10-19-12(20)14(13(21)22)7-3-1-2-4-8-14/h11H,1-10H2,(H,19,20)(H,21,22)/t11-,15+/m1/s1. The molecule has 1 aliphatic heterocycles. The molecule has 3 rings (SSSR count). The van der Waals surface area contributed by atoms with Gasteiger partial charge in [-0.15, -0.1) is 0 Å². The van der Waals surface area contributed by atoms with Gasteiger partial charge in [0.15, 0.2) is 5.60 Å². The average molecular weight is 331 g/mol. The minimum absolute atomic E-state index is 0.256. The van der Waals surface area contributed by atoms with E-state index in [2.05, 4.69) is 5.32 Å². The lowest BCUT2D eigenvalue weighted by molar-refractivity contribution is -0.157. The van der Waals surface area contributed by atoms with Crippen molar-refractivity contribution < 1.29 is 28.2 Å². The van der Waals surface area contributed by atoms with Crippen LogP contribution in [0.3, 0.4) is 0 Å². The highest BCUT2D eigenvalue weighted by Crippen LogP contribution is 2.64. The van der Waals surface area contributed by atoms with Crippen LogP contribution in [-0.2, 0) is 14.3 Å². The SMILES string of the molecule is O=C(O)C1(C(=O)NC[C@]23OCCC[C@H]2C3(F)F)CCCCCC1. The fourth-order valence-corrected chi connectivity index (χ4v) is 4.20. The second-order valence-electron chi connectivity index (χ2n) is 7.04. The first-order valence-corrected chi connectivity index (χ1v) is 8.40. The van der Waals surface area contributed by atoms with Gasteiger partial charge in [0.25, 0.3) is 5.92 Å². The van der Waals surface area contributed by atoms with Crippen LogP contribution in [0, 0.1) is 11.3 Å². The van der Waals surface area contributed by atoms with Gasteiger partial charge in [0.2, 0.25) is 5.91 Å². The lowest BCUT2D eigenvalue weighted by Gasteiger charge is -2.29. The molecule has 3 fully saturated rings. The van der Waals surface area contributed by atoms with Crippen LogP contribution in [0.15, 0.2) is 0 Å². The van der Waals surface area contributed by atoms with E-state index in [-0.39, 0.29) is 26.0 Å². The summed E-state index contributed by atoms with van der Waals surface area (Å²) in [5, 5.41) is 12.0. The van der Waals surface area contributed by atoms with E-state index in [1.807, 2.05) is 0 Å². The van der Waals surface area contributed by atoms with Crippen LogP contribution in [0.2, 0.25) is 0 Å². The van der Waals surface area contributed by atoms with Crippen molar-refractivity contribution in [2.24, 2.45) is 11.3 Å². The van der Waals surface area contributed by atoms with E-state index in [1.165, 1.54) is 0 Å². The zero-order valence-corrected chi connectivity index (χ0v) is 13.1. The number of fused-ring (bicyclic) bond motifs is 1. The van der Waals surface area contributed by atoms with Gasteiger partial charge in [-0.05, 0) is 25.7 Å². The highest BCUT2D eigenvalue weighted by atomic mass is 19.3. The molecule has 0 aromatic rings. The highest BCUT2D eigenvalue weighted by Gasteiger charge is 2.82. The first-order chi connectivity index (χ1) is 10.9. The minimum atomic E-state index is -2.93. The molecule has 0 aromatic heterocycles. The molecule has 2 atom stereocenters. The summed E-state index contributed by atoms with van der Waals surface area (Å²) in [7, 11) is 0. The number of rotatable bonds is 4. The van der Waals surface area contributed by atoms with Gasteiger partial charge in [-0.1, -0.05) is 25.7 Å². The van der Waals surface area contributed by atoms with Crippen LogP contribution >= 0.6 is 0 Å². The summed E-state index contributed by atoms with van der Waals surface area (Å²) in [6.45, 7) is -0.0510. The molecule has 3 aliphatic rings. The number of carbonyl (C=O) groups excluding carboxylic acids is 1. The predicted molar refractivity (Wildman–Crippen MR) is 77.1 cm³/mol. The molecule has 0 aromatic carbocycles. The van der Waals surface area contributed by atoms with Crippen molar-refractivity contribution in [3.05, 3.63) is 0 Å². The molecule has 2 aliphatic carbocycles. The first kappa shape index (κ1) is 16.6. The minimum Gasteiger partial charge on any atom is -0.480 e. The van der Waals surface area contributed by atoms with Gasteiger partial charge in [0, 0.05) is 6.61 Å². The van der Waals surface area contributed by atoms with E-state index in [1.54, 1.807) is 0 Å². The number of halogens is 2. The van der Waals surface area contributed by atoms with E-state index in [0.29, 0.717) is 25.7 Å². The van der Waals surface area contributed by atoms with E-state index in [0.717, 1.165) is 12.8 Å². The van der Waals surface area contributed by atoms with Gasteiger partial charge >= 0.3 is 5.97 Å². The van der Waals surface area contributed by atoms with Gasteiger partial charge in [0.1, 0.15) is 5.41 Å². The van der Waals surface area contributed by atoms with Gasteiger partial charge < -0.3 is 15.2 Å². The van der Waals surface area contributed by atoms with Gasteiger partial charge in [-0.2, -0.15) is 0 Å². The molecule has 130 valence electrons. The fraction of sp³-hybridized carbons (Fsp3) is 0.875. The summed E-state index contributed by atoms with van der Waals surface area (Å²) in [6, 6.07) is 0. The van der Waals surface area contributed by atoms with Crippen LogP contribution in [0.4, 0.5) is 8.78 Å². The Hall–Kier alpha value is -1.24. The Kier molecular flexibility index (Phi) is 4.11.